The van der Waals surface area contributed by atoms with Gasteiger partial charge in [0.1, 0.15) is 0 Å². The zero-order valence-electron chi connectivity index (χ0n) is 19.8. The summed E-state index contributed by atoms with van der Waals surface area (Å²) < 4.78 is 33.3. The molecular formula is C24H29N3O6S. The van der Waals surface area contributed by atoms with Crippen molar-refractivity contribution in [2.45, 2.75) is 63.6 Å². The number of nitrogens with one attached hydrogen (secondary N) is 2. The molecule has 0 fully saturated rings. The number of nitrogens with zero attached hydrogens (tertiary/aromatic N) is 1. The molecule has 0 radical (unpaired) electrons. The average Bonchev–Trinajstić information content (AvgIpc) is 3.08. The maximum Gasteiger partial charge on any atom is 0.338 e. The van der Waals surface area contributed by atoms with Gasteiger partial charge in [0, 0.05) is 11.6 Å². The highest BCUT2D eigenvalue weighted by Gasteiger charge is 2.36. The van der Waals surface area contributed by atoms with E-state index in [2.05, 4.69) is 10.6 Å². The Balaban J connectivity index is 1.74. The highest BCUT2D eigenvalue weighted by molar-refractivity contribution is 7.92. The predicted octanol–water partition coefficient (Wildman–Crippen LogP) is 3.00. The third-order valence-electron chi connectivity index (χ3n) is 5.15. The predicted molar refractivity (Wildman–Crippen MR) is 127 cm³/mol. The molecule has 2 N–H and O–H groups in total. The van der Waals surface area contributed by atoms with Crippen molar-refractivity contribution in [3.05, 3.63) is 59.7 Å². The number of imide groups is 1. The lowest BCUT2D eigenvalue weighted by Gasteiger charge is -2.24. The Morgan fingerprint density at radius 1 is 1.09 bits per heavy atom. The molecule has 0 spiro atoms. The number of rotatable bonds is 5. The average molecular weight is 488 g/mol. The van der Waals surface area contributed by atoms with Gasteiger partial charge in [-0.05, 0) is 70.9 Å². The topological polar surface area (TPSA) is 122 Å². The van der Waals surface area contributed by atoms with E-state index in [-0.39, 0.29) is 16.5 Å². The van der Waals surface area contributed by atoms with Crippen molar-refractivity contribution in [2.24, 2.45) is 0 Å². The van der Waals surface area contributed by atoms with Crippen LogP contribution in [0.5, 0.6) is 0 Å². The molecule has 2 unspecified atom stereocenters. The Morgan fingerprint density at radius 3 is 2.44 bits per heavy atom. The van der Waals surface area contributed by atoms with Crippen LogP contribution >= 0.6 is 0 Å². The number of esters is 1. The maximum absolute atomic E-state index is 13.4. The van der Waals surface area contributed by atoms with Crippen molar-refractivity contribution in [2.75, 3.05) is 4.31 Å². The number of fused-ring (bicyclic) bond motifs is 1. The van der Waals surface area contributed by atoms with Gasteiger partial charge < -0.3 is 10.1 Å². The van der Waals surface area contributed by atoms with Gasteiger partial charge in [0.25, 0.3) is 15.9 Å². The number of amides is 3. The van der Waals surface area contributed by atoms with Crippen LogP contribution in [0.4, 0.5) is 10.5 Å². The molecule has 1 heterocycles. The van der Waals surface area contributed by atoms with Crippen molar-refractivity contribution < 1.29 is 27.5 Å². The van der Waals surface area contributed by atoms with E-state index in [1.165, 1.54) is 35.5 Å². The summed E-state index contributed by atoms with van der Waals surface area (Å²) in [5.41, 5.74) is 0.968. The van der Waals surface area contributed by atoms with E-state index in [9.17, 15) is 22.8 Å². The molecule has 0 bridgehead atoms. The molecule has 34 heavy (non-hydrogen) atoms. The first-order valence-corrected chi connectivity index (χ1v) is 12.3. The number of ether oxygens (including phenoxy) is 1. The number of anilines is 1. The van der Waals surface area contributed by atoms with Gasteiger partial charge in [0.2, 0.25) is 0 Å². The van der Waals surface area contributed by atoms with Crippen molar-refractivity contribution in [1.29, 1.82) is 0 Å². The van der Waals surface area contributed by atoms with Crippen LogP contribution < -0.4 is 14.9 Å². The van der Waals surface area contributed by atoms with E-state index >= 15 is 0 Å². The molecule has 10 heteroatoms. The van der Waals surface area contributed by atoms with Crippen LogP contribution in [0.15, 0.2) is 53.4 Å². The highest BCUT2D eigenvalue weighted by atomic mass is 32.2. The molecule has 2 atom stereocenters. The Labute approximate surface area is 199 Å². The fraction of sp³-hybridized carbons (Fsp3) is 0.375. The van der Waals surface area contributed by atoms with E-state index < -0.39 is 39.6 Å². The van der Waals surface area contributed by atoms with Crippen LogP contribution in [-0.4, -0.2) is 44.0 Å². The molecule has 9 nitrogen and oxygen atoms in total. The molecule has 0 saturated carbocycles. The molecule has 1 aliphatic rings. The van der Waals surface area contributed by atoms with E-state index in [0.717, 1.165) is 5.56 Å². The molecule has 0 saturated heterocycles. The smallest absolute Gasteiger partial charge is 0.338 e. The lowest BCUT2D eigenvalue weighted by molar-refractivity contribution is -0.127. The number of carbonyl (C=O) groups excluding carboxylic acids is 3. The Kier molecular flexibility index (Phi) is 7.02. The minimum atomic E-state index is -3.94. The standard InChI is InChI=1S/C24H29N3O6S/c1-15-13-17-9-6-7-12-20(17)27(15)34(31,32)19-11-8-10-18(14-19)22(29)33-16(2)21(28)25-23(30)26-24(3,4)5/h6-12,14-16H,13H2,1-5H3,(H2,25,26,28,30). The first-order valence-electron chi connectivity index (χ1n) is 10.9. The quantitative estimate of drug-likeness (QED) is 0.626. The van der Waals surface area contributed by atoms with E-state index in [1.54, 1.807) is 32.9 Å². The fourth-order valence-electron chi connectivity index (χ4n) is 3.67. The number of para-hydroxylation sites is 1. The van der Waals surface area contributed by atoms with Gasteiger partial charge in [0.15, 0.2) is 6.10 Å². The number of hydrogen-bond acceptors (Lipinski definition) is 6. The van der Waals surface area contributed by atoms with Gasteiger partial charge in [-0.15, -0.1) is 0 Å². The molecule has 3 rings (SSSR count). The Hall–Kier alpha value is -3.40. The molecule has 0 aromatic heterocycles. The molecule has 3 amide bonds. The van der Waals surface area contributed by atoms with Crippen LogP contribution in [0.2, 0.25) is 0 Å². The lowest BCUT2D eigenvalue weighted by atomic mass is 10.1. The van der Waals surface area contributed by atoms with Gasteiger partial charge in [-0.2, -0.15) is 0 Å². The second-order valence-corrected chi connectivity index (χ2v) is 11.1. The third kappa shape index (κ3) is 5.56. The lowest BCUT2D eigenvalue weighted by Crippen LogP contribution is -2.50. The van der Waals surface area contributed by atoms with Crippen molar-refractivity contribution in [1.82, 2.24) is 10.6 Å². The van der Waals surface area contributed by atoms with E-state index in [4.69, 9.17) is 4.74 Å². The number of urea groups is 1. The van der Waals surface area contributed by atoms with E-state index in [1.807, 2.05) is 19.1 Å². The Morgan fingerprint density at radius 2 is 1.76 bits per heavy atom. The van der Waals surface area contributed by atoms with Crippen LogP contribution in [0.25, 0.3) is 0 Å². The van der Waals surface area contributed by atoms with Gasteiger partial charge in [0.05, 0.1) is 16.1 Å². The summed E-state index contributed by atoms with van der Waals surface area (Å²) in [6.07, 6.45) is -0.684. The van der Waals surface area contributed by atoms with Crippen LogP contribution in [0.3, 0.4) is 0 Å². The SMILES string of the molecule is CC(OC(=O)c1cccc(S(=O)(=O)N2c3ccccc3CC2C)c1)C(=O)NC(=O)NC(C)(C)C. The summed E-state index contributed by atoms with van der Waals surface area (Å²) >= 11 is 0. The minimum Gasteiger partial charge on any atom is -0.449 e. The first-order chi connectivity index (χ1) is 15.8. The van der Waals surface area contributed by atoms with Crippen LogP contribution in [0, 0.1) is 0 Å². The largest absolute Gasteiger partial charge is 0.449 e. The fourth-order valence-corrected chi connectivity index (χ4v) is 5.41. The summed E-state index contributed by atoms with van der Waals surface area (Å²) in [7, 11) is -3.94. The molecule has 0 aliphatic carbocycles. The summed E-state index contributed by atoms with van der Waals surface area (Å²) in [6, 6.07) is 11.8. The second-order valence-electron chi connectivity index (χ2n) is 9.25. The number of sulfonamides is 1. The summed E-state index contributed by atoms with van der Waals surface area (Å²) in [5, 5.41) is 4.68. The Bertz CT molecular complexity index is 1220. The highest BCUT2D eigenvalue weighted by Crippen LogP contribution is 2.36. The van der Waals surface area contributed by atoms with Gasteiger partial charge in [-0.25, -0.2) is 18.0 Å². The van der Waals surface area contributed by atoms with Crippen molar-refractivity contribution >= 4 is 33.6 Å². The zero-order chi connectivity index (χ0) is 25.3. The molecule has 2 aromatic rings. The number of benzene rings is 2. The summed E-state index contributed by atoms with van der Waals surface area (Å²) in [5.74, 6) is -1.69. The number of carbonyl (C=O) groups is 3. The van der Waals surface area contributed by atoms with Crippen LogP contribution in [0.1, 0.15) is 50.5 Å². The third-order valence-corrected chi connectivity index (χ3v) is 7.07. The second kappa shape index (κ2) is 9.46. The normalized spacial score (nSPS) is 16.4. The first kappa shape index (κ1) is 25.2. The minimum absolute atomic E-state index is 0.0278. The van der Waals surface area contributed by atoms with E-state index in [0.29, 0.717) is 12.1 Å². The van der Waals surface area contributed by atoms with Gasteiger partial charge in [-0.3, -0.25) is 14.4 Å². The molecule has 1 aliphatic heterocycles. The maximum atomic E-state index is 13.4. The van der Waals surface area contributed by atoms with Crippen molar-refractivity contribution in [3.8, 4) is 0 Å². The molecule has 2 aromatic carbocycles. The number of hydrogen-bond donors (Lipinski definition) is 2. The summed E-state index contributed by atoms with van der Waals surface area (Å²) in [4.78, 5) is 36.6. The zero-order valence-corrected chi connectivity index (χ0v) is 20.6. The summed E-state index contributed by atoms with van der Waals surface area (Å²) in [6.45, 7) is 8.40. The van der Waals surface area contributed by atoms with Gasteiger partial charge in [-0.1, -0.05) is 24.3 Å². The monoisotopic (exact) mass is 487 g/mol. The van der Waals surface area contributed by atoms with Crippen LogP contribution in [-0.2, 0) is 26.0 Å². The molecule has 182 valence electrons. The van der Waals surface area contributed by atoms with Gasteiger partial charge >= 0.3 is 12.0 Å². The van der Waals surface area contributed by atoms with Crippen molar-refractivity contribution in [3.63, 3.8) is 0 Å². The molecular weight excluding hydrogens is 458 g/mol.